The Kier molecular flexibility index (Phi) is 0.813. The van der Waals surface area contributed by atoms with Crippen molar-refractivity contribution < 1.29 is 25.3 Å². The van der Waals surface area contributed by atoms with Crippen LogP contribution in [0.25, 0.3) is 0 Å². The minimum absolute atomic E-state index is 0.417. The lowest BCUT2D eigenvalue weighted by molar-refractivity contribution is -0.147. The molecule has 3 aliphatic heterocycles. The number of nitrogens with one attached hydrogen (secondary N) is 1. The highest BCUT2D eigenvalue weighted by Gasteiger charge is 2.53. The minimum atomic E-state index is -7.67. The van der Waals surface area contributed by atoms with E-state index < -0.39 is 82.7 Å². The van der Waals surface area contributed by atoms with Gasteiger partial charge in [-0.05, 0) is 48.9 Å². The molecule has 0 aromatic heterocycles. The summed E-state index contributed by atoms with van der Waals surface area (Å²) in [6.45, 7) is -6.14. The summed E-state index contributed by atoms with van der Waals surface area (Å²) in [6, 6.07) is -3.24. The summed E-state index contributed by atoms with van der Waals surface area (Å²) in [5, 5.41) is -7.26. The van der Waals surface area contributed by atoms with E-state index in [9.17, 15) is 1.37 Å². The zero-order chi connectivity index (χ0) is 29.3. The second kappa shape index (κ2) is 4.43. The molecule has 6 unspecified atom stereocenters. The van der Waals surface area contributed by atoms with Gasteiger partial charge < -0.3 is 21.4 Å². The molecule has 17 heavy (non-hydrogen) atoms. The first-order chi connectivity index (χ1) is 15.0. The van der Waals surface area contributed by atoms with Crippen LogP contribution in [0.15, 0.2) is 0 Å². The molecule has 102 valence electrons. The molecular weight excluding hydrogens is 230 g/mol. The number of hydrogen-bond acceptors (Lipinski definition) is 2. The van der Waals surface area contributed by atoms with Crippen LogP contribution in [0, 0.1) is 11.8 Å². The van der Waals surface area contributed by atoms with Crippen molar-refractivity contribution in [2.75, 3.05) is 13.1 Å². The highest BCUT2D eigenvalue weighted by molar-refractivity contribution is 8.00. The van der Waals surface area contributed by atoms with Crippen LogP contribution in [0.4, 0.5) is 0 Å². The van der Waals surface area contributed by atoms with Crippen LogP contribution >= 0.6 is 11.4 Å². The van der Waals surface area contributed by atoms with Crippen molar-refractivity contribution in [2.45, 2.75) is 62.0 Å². The second-order valence-electron chi connectivity index (χ2n) is 4.18. The summed E-state index contributed by atoms with van der Waals surface area (Å²) in [6.07, 6.45) is -11.9. The molecular formula is C14H29NOS. The quantitative estimate of drug-likeness (QED) is 0.727. The number of ether oxygens (including phenoxy) is 1. The van der Waals surface area contributed by atoms with Crippen molar-refractivity contribution in [1.29, 1.82) is 4.50 Å². The highest BCUT2D eigenvalue weighted by Crippen LogP contribution is 2.55. The average Bonchev–Trinajstić information content (AvgIpc) is 2.66. The molecule has 0 radical (unpaired) electrons. The highest BCUT2D eigenvalue weighted by atomic mass is 32.2. The summed E-state index contributed by atoms with van der Waals surface area (Å²) >= 11 is -7.67. The smallest absolute Gasteiger partial charge is 0.122 e. The predicted molar refractivity (Wildman–Crippen MR) is 79.1 cm³/mol. The lowest BCUT2D eigenvalue weighted by atomic mass is 9.68. The monoisotopic (exact) mass is 278 g/mol. The molecule has 3 heterocycles. The van der Waals surface area contributed by atoms with E-state index in [1.807, 2.05) is 0 Å². The average molecular weight is 279 g/mol. The third kappa shape index (κ3) is 1.95. The van der Waals surface area contributed by atoms with E-state index >= 15 is 0 Å². The van der Waals surface area contributed by atoms with Crippen molar-refractivity contribution in [3.63, 3.8) is 0 Å². The van der Waals surface area contributed by atoms with Gasteiger partial charge in [-0.1, -0.05) is 13.8 Å². The fraction of sp³-hybridized carbons (Fsp3) is 1.00. The summed E-state index contributed by atoms with van der Waals surface area (Å²) in [5.41, 5.74) is -4.14. The van der Waals surface area contributed by atoms with E-state index in [1.165, 1.54) is 0 Å². The summed E-state index contributed by atoms with van der Waals surface area (Å²) < 4.78 is 169. The Labute approximate surface area is 135 Å². The fourth-order valence-electron chi connectivity index (χ4n) is 2.17. The minimum Gasteiger partial charge on any atom is -0.375 e. The summed E-state index contributed by atoms with van der Waals surface area (Å²) in [5.74, 6) is -7.27. The summed E-state index contributed by atoms with van der Waals surface area (Å²) in [7, 11) is 0. The van der Waals surface area contributed by atoms with Gasteiger partial charge in [0.25, 0.3) is 0 Å². The van der Waals surface area contributed by atoms with Gasteiger partial charge in [0.15, 0.2) is 0 Å². The molecule has 0 aromatic rings. The van der Waals surface area contributed by atoms with Crippen molar-refractivity contribution in [3.05, 3.63) is 0 Å². The molecule has 3 rings (SSSR count). The van der Waals surface area contributed by atoms with Crippen molar-refractivity contribution in [2.24, 2.45) is 11.8 Å². The fourth-order valence-corrected chi connectivity index (χ4v) is 3.37. The molecule has 0 saturated carbocycles. The van der Waals surface area contributed by atoms with Gasteiger partial charge in [0, 0.05) is 34.9 Å². The third-order valence-corrected chi connectivity index (χ3v) is 4.32. The topological polar surface area (TPSA) is 21.3 Å². The number of piperidine rings is 1. The Balaban J connectivity index is 2.78. The van der Waals surface area contributed by atoms with Crippen LogP contribution in [-0.4, -0.2) is 39.6 Å². The Morgan fingerprint density at radius 1 is 1.59 bits per heavy atom. The van der Waals surface area contributed by atoms with E-state index in [1.54, 1.807) is 0 Å². The second-order valence-corrected chi connectivity index (χ2v) is 5.50. The van der Waals surface area contributed by atoms with E-state index in [0.29, 0.717) is 20.8 Å². The van der Waals surface area contributed by atoms with Gasteiger partial charge >= 0.3 is 0 Å². The van der Waals surface area contributed by atoms with E-state index in [2.05, 4.69) is 0 Å². The first-order valence-corrected chi connectivity index (χ1v) is 6.25. The Bertz CT molecular complexity index is 1000. The maximum atomic E-state index is 9.41. The van der Waals surface area contributed by atoms with Gasteiger partial charge in [-0.25, -0.2) is 0 Å². The Morgan fingerprint density at radius 2 is 2.41 bits per heavy atom. The SMILES string of the molecule is [2H]N1C([2H])([2H])C([2H])([2H])C2(OC([2H])([2H])C([2H])([2H])C3C2([2H])C([2H])(C)C([2H])(C)S3([2H])([2H])([2H])[2H])C([2H])([2H])C1([2H])C. The maximum absolute atomic E-state index is 9.41. The standard InChI is InChI=1S/C14H29NOS/c1-9-8-14(5-6-15-9)13-10(2)11(3)17-12(13)4-7-16-14/h9-13,15H,4-8H2,1-3H3,17H4/i4D2,5D2,6D2,7D2,8D2,9D,10D,11D,13D,17D4/hD. The van der Waals surface area contributed by atoms with E-state index in [4.69, 9.17) is 28.5 Å². The first-order valence-electron chi connectivity index (χ1n) is 14.5. The van der Waals surface area contributed by atoms with Gasteiger partial charge in [-0.2, -0.15) is 0 Å². The van der Waals surface area contributed by atoms with Crippen molar-refractivity contribution in [3.8, 4) is 0 Å². The largest absolute Gasteiger partial charge is 0.375 e. The van der Waals surface area contributed by atoms with Crippen LogP contribution in [-0.2, 0) is 4.74 Å². The molecule has 1 spiro atoms. The van der Waals surface area contributed by atoms with Gasteiger partial charge in [0.2, 0.25) is 0 Å². The number of hydrogen-bond donors (Lipinski definition) is 1. The van der Waals surface area contributed by atoms with Crippen LogP contribution in [0.5, 0.6) is 0 Å². The Morgan fingerprint density at radius 3 is 3.24 bits per heavy atom. The van der Waals surface area contributed by atoms with E-state index in [0.717, 1.165) is 0 Å². The van der Waals surface area contributed by atoms with Crippen molar-refractivity contribution in [1.82, 2.24) is 5.31 Å². The molecule has 3 heteroatoms. The van der Waals surface area contributed by atoms with Crippen LogP contribution in [0.3, 0.4) is 0 Å². The maximum Gasteiger partial charge on any atom is 0.122 e. The van der Waals surface area contributed by atoms with Crippen LogP contribution < -0.4 is 5.31 Å². The molecule has 0 aromatic carbocycles. The molecule has 3 fully saturated rings. The number of rotatable bonds is 0. The molecule has 2 nitrogen and oxygen atoms in total. The predicted octanol–water partition coefficient (Wildman–Crippen LogP) is 1.60. The summed E-state index contributed by atoms with van der Waals surface area (Å²) in [4.78, 5) is 0. The zero-order valence-corrected chi connectivity index (χ0v) is 10.7. The van der Waals surface area contributed by atoms with E-state index in [-0.39, 0.29) is 0 Å². The lowest BCUT2D eigenvalue weighted by Gasteiger charge is -2.51. The van der Waals surface area contributed by atoms with Gasteiger partial charge in [0.05, 0.1) is 12.8 Å². The zero-order valence-electron chi connectivity index (χ0n) is 28.8. The van der Waals surface area contributed by atoms with Crippen LogP contribution in [0.2, 0.25) is 1.41 Å². The van der Waals surface area contributed by atoms with Gasteiger partial charge in [-0.3, -0.25) is 0 Å². The molecule has 0 bridgehead atoms. The molecule has 6 atom stereocenters. The molecule has 0 amide bonds. The molecule has 0 aliphatic carbocycles. The van der Waals surface area contributed by atoms with Gasteiger partial charge in [-0.15, -0.1) is 0 Å². The molecule has 3 aliphatic rings. The van der Waals surface area contributed by atoms with Gasteiger partial charge in [0.1, 0.15) is 1.41 Å². The molecule has 1 N–H and O–H groups in total. The van der Waals surface area contributed by atoms with Crippen molar-refractivity contribution >= 4 is 11.4 Å². The Hall–Kier alpha value is 0.270. The third-order valence-electron chi connectivity index (χ3n) is 3.07. The van der Waals surface area contributed by atoms with Crippen LogP contribution in [0.1, 0.15) is 59.1 Å². The lowest BCUT2D eigenvalue weighted by Crippen LogP contribution is -2.58. The number of fused-ring (bicyclic) bond motifs is 2. The first kappa shape index (κ1) is 3.12. The normalized spacial score (nSPS) is 118. The molecule has 3 saturated heterocycles.